The topological polar surface area (TPSA) is 113 Å². The van der Waals surface area contributed by atoms with Gasteiger partial charge >= 0.3 is 5.97 Å². The quantitative estimate of drug-likeness (QED) is 0.576. The molecule has 1 aromatic rings. The third-order valence-corrected chi connectivity index (χ3v) is 5.09. The van der Waals surface area contributed by atoms with E-state index in [-0.39, 0.29) is 17.7 Å². The van der Waals surface area contributed by atoms with E-state index in [1.807, 2.05) is 6.92 Å². The predicted molar refractivity (Wildman–Crippen MR) is 89.9 cm³/mol. The SMILES string of the molecule is CCCCC(NC(=O)C(CC)NS(=O)(=O)c1ccc(F)cc1)C(=O)O. The Morgan fingerprint density at radius 2 is 1.76 bits per heavy atom. The highest BCUT2D eigenvalue weighted by Gasteiger charge is 2.27. The van der Waals surface area contributed by atoms with Crippen LogP contribution >= 0.6 is 0 Å². The van der Waals surface area contributed by atoms with Crippen molar-refractivity contribution in [3.05, 3.63) is 30.1 Å². The van der Waals surface area contributed by atoms with Gasteiger partial charge in [-0.1, -0.05) is 26.7 Å². The molecule has 1 amide bonds. The summed E-state index contributed by atoms with van der Waals surface area (Å²) in [7, 11) is -4.03. The van der Waals surface area contributed by atoms with Crippen LogP contribution in [0.2, 0.25) is 0 Å². The van der Waals surface area contributed by atoms with E-state index in [1.54, 1.807) is 6.92 Å². The molecule has 25 heavy (non-hydrogen) atoms. The molecule has 0 saturated heterocycles. The lowest BCUT2D eigenvalue weighted by Crippen LogP contribution is -2.51. The van der Waals surface area contributed by atoms with Gasteiger partial charge in [0.25, 0.3) is 0 Å². The number of amides is 1. The van der Waals surface area contributed by atoms with Crippen molar-refractivity contribution in [3.8, 4) is 0 Å². The van der Waals surface area contributed by atoms with E-state index in [2.05, 4.69) is 10.0 Å². The van der Waals surface area contributed by atoms with E-state index in [0.717, 1.165) is 30.7 Å². The first-order valence-electron chi connectivity index (χ1n) is 8.02. The van der Waals surface area contributed by atoms with Gasteiger partial charge in [0.05, 0.1) is 4.90 Å². The first-order chi connectivity index (χ1) is 11.7. The minimum Gasteiger partial charge on any atom is -0.480 e. The van der Waals surface area contributed by atoms with Crippen molar-refractivity contribution in [2.75, 3.05) is 0 Å². The molecule has 2 atom stereocenters. The third-order valence-electron chi connectivity index (χ3n) is 3.61. The molecule has 0 radical (unpaired) electrons. The summed E-state index contributed by atoms with van der Waals surface area (Å²) in [6.07, 6.45) is 1.79. The van der Waals surface area contributed by atoms with Crippen LogP contribution in [0.25, 0.3) is 0 Å². The first-order valence-corrected chi connectivity index (χ1v) is 9.50. The monoisotopic (exact) mass is 374 g/mol. The summed E-state index contributed by atoms with van der Waals surface area (Å²) >= 11 is 0. The number of unbranched alkanes of at least 4 members (excludes halogenated alkanes) is 1. The van der Waals surface area contributed by atoms with Crippen molar-refractivity contribution in [2.45, 2.75) is 56.5 Å². The van der Waals surface area contributed by atoms with Gasteiger partial charge in [0.2, 0.25) is 15.9 Å². The largest absolute Gasteiger partial charge is 0.480 e. The Balaban J connectivity index is 2.84. The number of hydrogen-bond donors (Lipinski definition) is 3. The molecule has 0 aliphatic heterocycles. The first kappa shape index (κ1) is 21.0. The number of carboxylic acid groups (broad SMARTS) is 1. The van der Waals surface area contributed by atoms with Gasteiger partial charge in [-0.15, -0.1) is 0 Å². The standard InChI is InChI=1S/C16H23FN2O5S/c1-3-5-6-14(16(21)22)18-15(20)13(4-2)19-25(23,24)12-9-7-11(17)8-10-12/h7-10,13-14,19H,3-6H2,1-2H3,(H,18,20)(H,21,22). The molecular weight excluding hydrogens is 351 g/mol. The van der Waals surface area contributed by atoms with E-state index < -0.39 is 39.8 Å². The summed E-state index contributed by atoms with van der Waals surface area (Å²) in [6, 6.07) is 1.98. The number of benzene rings is 1. The maximum atomic E-state index is 12.9. The average molecular weight is 374 g/mol. The average Bonchev–Trinajstić information content (AvgIpc) is 2.56. The molecule has 0 aromatic heterocycles. The van der Waals surface area contributed by atoms with Crippen molar-refractivity contribution < 1.29 is 27.5 Å². The Labute approximate surface area is 146 Å². The van der Waals surface area contributed by atoms with Crippen LogP contribution in [0.4, 0.5) is 4.39 Å². The molecule has 0 bridgehead atoms. The lowest BCUT2D eigenvalue weighted by atomic mass is 10.1. The number of carbonyl (C=O) groups excluding carboxylic acids is 1. The van der Waals surface area contributed by atoms with Crippen LogP contribution in [0.3, 0.4) is 0 Å². The fourth-order valence-corrected chi connectivity index (χ4v) is 3.41. The number of halogens is 1. The molecule has 1 rings (SSSR count). The second kappa shape index (κ2) is 9.47. The number of hydrogen-bond acceptors (Lipinski definition) is 4. The zero-order valence-electron chi connectivity index (χ0n) is 14.2. The zero-order valence-corrected chi connectivity index (χ0v) is 15.0. The smallest absolute Gasteiger partial charge is 0.326 e. The Morgan fingerprint density at radius 1 is 1.16 bits per heavy atom. The van der Waals surface area contributed by atoms with Crippen molar-refractivity contribution in [3.63, 3.8) is 0 Å². The van der Waals surface area contributed by atoms with E-state index in [9.17, 15) is 22.4 Å². The van der Waals surface area contributed by atoms with Crippen LogP contribution in [0.5, 0.6) is 0 Å². The molecular formula is C16H23FN2O5S. The maximum Gasteiger partial charge on any atom is 0.326 e. The minimum atomic E-state index is -4.03. The number of nitrogens with one attached hydrogen (secondary N) is 2. The van der Waals surface area contributed by atoms with Gasteiger partial charge in [-0.05, 0) is 37.1 Å². The molecule has 3 N–H and O–H groups in total. The highest BCUT2D eigenvalue weighted by atomic mass is 32.2. The Kier molecular flexibility index (Phi) is 7.98. The molecule has 7 nitrogen and oxygen atoms in total. The van der Waals surface area contributed by atoms with Crippen LogP contribution in [-0.2, 0) is 19.6 Å². The van der Waals surface area contributed by atoms with Crippen molar-refractivity contribution >= 4 is 21.9 Å². The van der Waals surface area contributed by atoms with Gasteiger partial charge in [0.15, 0.2) is 0 Å². The predicted octanol–water partition coefficient (Wildman–Crippen LogP) is 1.64. The summed E-state index contributed by atoms with van der Waals surface area (Å²) in [5.74, 6) is -2.46. The lowest BCUT2D eigenvalue weighted by molar-refractivity contribution is -0.142. The van der Waals surface area contributed by atoms with Crippen LogP contribution in [0, 0.1) is 5.82 Å². The number of rotatable bonds is 10. The molecule has 0 spiro atoms. The van der Waals surface area contributed by atoms with E-state index in [4.69, 9.17) is 5.11 Å². The zero-order chi connectivity index (χ0) is 19.0. The van der Waals surface area contributed by atoms with E-state index >= 15 is 0 Å². The Hall–Kier alpha value is -2.00. The highest BCUT2D eigenvalue weighted by Crippen LogP contribution is 2.11. The molecule has 0 heterocycles. The van der Waals surface area contributed by atoms with Crippen molar-refractivity contribution in [1.29, 1.82) is 0 Å². The molecule has 2 unspecified atom stereocenters. The number of sulfonamides is 1. The van der Waals surface area contributed by atoms with E-state index in [0.29, 0.717) is 6.42 Å². The van der Waals surface area contributed by atoms with Crippen molar-refractivity contribution in [2.24, 2.45) is 0 Å². The van der Waals surface area contributed by atoms with Crippen LogP contribution < -0.4 is 10.0 Å². The Morgan fingerprint density at radius 3 is 2.24 bits per heavy atom. The van der Waals surface area contributed by atoms with Gasteiger partial charge in [-0.2, -0.15) is 4.72 Å². The van der Waals surface area contributed by atoms with Gasteiger partial charge in [0.1, 0.15) is 17.9 Å². The van der Waals surface area contributed by atoms with Gasteiger partial charge in [0, 0.05) is 0 Å². The molecule has 0 fully saturated rings. The fraction of sp³-hybridized carbons (Fsp3) is 0.500. The van der Waals surface area contributed by atoms with Crippen LogP contribution in [-0.4, -0.2) is 37.5 Å². The fourth-order valence-electron chi connectivity index (χ4n) is 2.13. The second-order valence-corrected chi connectivity index (χ2v) is 7.29. The second-order valence-electron chi connectivity index (χ2n) is 5.58. The third kappa shape index (κ3) is 6.43. The van der Waals surface area contributed by atoms with Gasteiger partial charge in [-0.25, -0.2) is 17.6 Å². The van der Waals surface area contributed by atoms with Crippen LogP contribution in [0.1, 0.15) is 39.5 Å². The molecule has 0 saturated carbocycles. The lowest BCUT2D eigenvalue weighted by Gasteiger charge is -2.20. The number of aliphatic carboxylic acids is 1. The highest BCUT2D eigenvalue weighted by molar-refractivity contribution is 7.89. The summed E-state index contributed by atoms with van der Waals surface area (Å²) in [6.45, 7) is 3.49. The summed E-state index contributed by atoms with van der Waals surface area (Å²) in [4.78, 5) is 23.3. The maximum absolute atomic E-state index is 12.9. The Bertz CT molecular complexity index is 691. The van der Waals surface area contributed by atoms with Gasteiger partial charge < -0.3 is 10.4 Å². The summed E-state index contributed by atoms with van der Waals surface area (Å²) in [5.41, 5.74) is 0. The number of carbonyl (C=O) groups is 2. The molecule has 0 aliphatic rings. The van der Waals surface area contributed by atoms with Gasteiger partial charge in [-0.3, -0.25) is 4.79 Å². The number of carboxylic acids is 1. The molecule has 1 aromatic carbocycles. The summed E-state index contributed by atoms with van der Waals surface area (Å²) < 4.78 is 39.7. The van der Waals surface area contributed by atoms with E-state index in [1.165, 1.54) is 0 Å². The van der Waals surface area contributed by atoms with Crippen LogP contribution in [0.15, 0.2) is 29.2 Å². The normalized spacial score (nSPS) is 13.9. The molecule has 9 heteroatoms. The summed E-state index contributed by atoms with van der Waals surface area (Å²) in [5, 5.41) is 11.5. The molecule has 140 valence electrons. The van der Waals surface area contributed by atoms with Crippen molar-refractivity contribution in [1.82, 2.24) is 10.0 Å². The minimum absolute atomic E-state index is 0.131. The molecule has 0 aliphatic carbocycles.